The SMILES string of the molecule is CCn1cc(-c2nc(CC(=O)NCc3ccccc3F)cs2)c2cccnc21. The molecule has 0 fully saturated rings. The Balaban J connectivity index is 1.48. The molecule has 0 saturated carbocycles. The predicted octanol–water partition coefficient (Wildman–Crippen LogP) is 4.18. The summed E-state index contributed by atoms with van der Waals surface area (Å²) < 4.78 is 15.7. The molecule has 4 rings (SSSR count). The van der Waals surface area contributed by atoms with E-state index in [0.29, 0.717) is 11.3 Å². The van der Waals surface area contributed by atoms with Crippen LogP contribution in [0.25, 0.3) is 21.6 Å². The molecule has 0 atom stereocenters. The molecule has 0 aliphatic heterocycles. The molecule has 1 aromatic carbocycles. The number of benzene rings is 1. The Hall–Kier alpha value is -3.06. The minimum absolute atomic E-state index is 0.162. The van der Waals surface area contributed by atoms with E-state index in [1.165, 1.54) is 17.4 Å². The molecule has 0 spiro atoms. The molecule has 0 aliphatic carbocycles. The number of halogens is 1. The van der Waals surface area contributed by atoms with Gasteiger partial charge in [-0.3, -0.25) is 4.79 Å². The first-order valence-corrected chi connectivity index (χ1v) is 9.92. The van der Waals surface area contributed by atoms with Gasteiger partial charge in [0.25, 0.3) is 0 Å². The number of fused-ring (bicyclic) bond motifs is 1. The van der Waals surface area contributed by atoms with E-state index in [4.69, 9.17) is 0 Å². The maximum atomic E-state index is 13.6. The van der Waals surface area contributed by atoms with Crippen molar-refractivity contribution < 1.29 is 9.18 Å². The molecule has 3 heterocycles. The Morgan fingerprint density at radius 3 is 2.93 bits per heavy atom. The molecule has 3 aromatic heterocycles. The summed E-state index contributed by atoms with van der Waals surface area (Å²) in [5.41, 5.74) is 3.12. The van der Waals surface area contributed by atoms with E-state index in [9.17, 15) is 9.18 Å². The second kappa shape index (κ2) is 7.90. The number of carbonyl (C=O) groups is 1. The Morgan fingerprint density at radius 1 is 1.25 bits per heavy atom. The number of carbonyl (C=O) groups excluding carboxylic acids is 1. The highest BCUT2D eigenvalue weighted by molar-refractivity contribution is 7.13. The van der Waals surface area contributed by atoms with Crippen LogP contribution in [0.2, 0.25) is 0 Å². The smallest absolute Gasteiger partial charge is 0.226 e. The van der Waals surface area contributed by atoms with Crippen LogP contribution in [0.5, 0.6) is 0 Å². The first kappa shape index (κ1) is 18.3. The van der Waals surface area contributed by atoms with Gasteiger partial charge in [-0.15, -0.1) is 11.3 Å². The van der Waals surface area contributed by atoms with E-state index in [-0.39, 0.29) is 24.7 Å². The lowest BCUT2D eigenvalue weighted by Gasteiger charge is -2.05. The molecular formula is C21H19FN4OS. The van der Waals surface area contributed by atoms with Gasteiger partial charge in [-0.1, -0.05) is 18.2 Å². The van der Waals surface area contributed by atoms with Crippen molar-refractivity contribution in [2.45, 2.75) is 26.4 Å². The zero-order valence-corrected chi connectivity index (χ0v) is 16.2. The molecule has 142 valence electrons. The first-order valence-electron chi connectivity index (χ1n) is 9.04. The second-order valence-corrected chi connectivity index (χ2v) is 7.25. The minimum atomic E-state index is -0.320. The lowest BCUT2D eigenvalue weighted by atomic mass is 10.2. The largest absolute Gasteiger partial charge is 0.352 e. The van der Waals surface area contributed by atoms with Crippen LogP contribution in [0.4, 0.5) is 4.39 Å². The topological polar surface area (TPSA) is 59.8 Å². The van der Waals surface area contributed by atoms with Gasteiger partial charge in [0.2, 0.25) is 5.91 Å². The zero-order chi connectivity index (χ0) is 19.5. The molecule has 5 nitrogen and oxygen atoms in total. The lowest BCUT2D eigenvalue weighted by Crippen LogP contribution is -2.25. The molecule has 0 saturated heterocycles. The molecule has 0 bridgehead atoms. The van der Waals surface area contributed by atoms with Gasteiger partial charge in [0.05, 0.1) is 12.1 Å². The van der Waals surface area contributed by atoms with Crippen LogP contribution >= 0.6 is 11.3 Å². The van der Waals surface area contributed by atoms with Crippen LogP contribution in [-0.4, -0.2) is 20.4 Å². The summed E-state index contributed by atoms with van der Waals surface area (Å²) in [6, 6.07) is 10.4. The number of rotatable bonds is 6. The van der Waals surface area contributed by atoms with Crippen LogP contribution < -0.4 is 5.32 Å². The summed E-state index contributed by atoms with van der Waals surface area (Å²) in [6.45, 7) is 3.06. The Labute approximate surface area is 165 Å². The summed E-state index contributed by atoms with van der Waals surface area (Å²) in [6.07, 6.45) is 4.00. The van der Waals surface area contributed by atoms with Crippen LogP contribution in [0, 0.1) is 5.82 Å². The van der Waals surface area contributed by atoms with Crippen LogP contribution in [0.15, 0.2) is 54.2 Å². The number of aryl methyl sites for hydroxylation is 1. The molecule has 28 heavy (non-hydrogen) atoms. The Morgan fingerprint density at radius 2 is 2.11 bits per heavy atom. The highest BCUT2D eigenvalue weighted by Gasteiger charge is 2.15. The number of hydrogen-bond donors (Lipinski definition) is 1. The normalized spacial score (nSPS) is 11.1. The fraction of sp³-hybridized carbons (Fsp3) is 0.190. The van der Waals surface area contributed by atoms with E-state index >= 15 is 0 Å². The minimum Gasteiger partial charge on any atom is -0.352 e. The van der Waals surface area contributed by atoms with E-state index in [2.05, 4.69) is 33.0 Å². The fourth-order valence-electron chi connectivity index (χ4n) is 3.11. The number of nitrogens with zero attached hydrogens (tertiary/aromatic N) is 3. The van der Waals surface area contributed by atoms with Gasteiger partial charge in [0, 0.05) is 47.4 Å². The van der Waals surface area contributed by atoms with Gasteiger partial charge >= 0.3 is 0 Å². The van der Waals surface area contributed by atoms with Crippen molar-refractivity contribution >= 4 is 28.3 Å². The second-order valence-electron chi connectivity index (χ2n) is 6.39. The van der Waals surface area contributed by atoms with Gasteiger partial charge in [0.15, 0.2) is 0 Å². The summed E-state index contributed by atoms with van der Waals surface area (Å²) in [7, 11) is 0. The third-order valence-electron chi connectivity index (χ3n) is 4.53. The number of nitrogens with one attached hydrogen (secondary N) is 1. The lowest BCUT2D eigenvalue weighted by molar-refractivity contribution is -0.120. The fourth-order valence-corrected chi connectivity index (χ4v) is 3.95. The number of hydrogen-bond acceptors (Lipinski definition) is 4. The van der Waals surface area contributed by atoms with Gasteiger partial charge in [-0.05, 0) is 25.1 Å². The molecular weight excluding hydrogens is 375 g/mol. The summed E-state index contributed by atoms with van der Waals surface area (Å²) >= 11 is 1.51. The predicted molar refractivity (Wildman–Crippen MR) is 108 cm³/mol. The Bertz CT molecular complexity index is 1130. The van der Waals surface area contributed by atoms with Crippen molar-refractivity contribution in [1.29, 1.82) is 0 Å². The van der Waals surface area contributed by atoms with Crippen LogP contribution in [0.1, 0.15) is 18.2 Å². The summed E-state index contributed by atoms with van der Waals surface area (Å²) in [4.78, 5) is 21.3. The average Bonchev–Trinajstić information content (AvgIpc) is 3.31. The van der Waals surface area contributed by atoms with Crippen molar-refractivity contribution in [2.75, 3.05) is 0 Å². The van der Waals surface area contributed by atoms with E-state index in [1.807, 2.05) is 17.5 Å². The molecule has 0 unspecified atom stereocenters. The first-order chi connectivity index (χ1) is 13.7. The number of thiazole rings is 1. The van der Waals surface area contributed by atoms with Crippen molar-refractivity contribution in [3.63, 3.8) is 0 Å². The quantitative estimate of drug-likeness (QED) is 0.534. The average molecular weight is 394 g/mol. The van der Waals surface area contributed by atoms with Crippen molar-refractivity contribution in [3.8, 4) is 10.6 Å². The van der Waals surface area contributed by atoms with Crippen molar-refractivity contribution in [2.24, 2.45) is 0 Å². The van der Waals surface area contributed by atoms with Crippen LogP contribution in [-0.2, 0) is 24.3 Å². The maximum Gasteiger partial charge on any atom is 0.226 e. The van der Waals surface area contributed by atoms with Crippen molar-refractivity contribution in [3.05, 3.63) is 71.2 Å². The van der Waals surface area contributed by atoms with Gasteiger partial charge in [-0.25, -0.2) is 14.4 Å². The monoisotopic (exact) mass is 394 g/mol. The maximum absolute atomic E-state index is 13.6. The Kier molecular flexibility index (Phi) is 5.16. The highest BCUT2D eigenvalue weighted by atomic mass is 32.1. The molecule has 1 N–H and O–H groups in total. The summed E-state index contributed by atoms with van der Waals surface area (Å²) in [5, 5.41) is 6.56. The molecule has 4 aromatic rings. The van der Waals surface area contributed by atoms with E-state index < -0.39 is 0 Å². The van der Waals surface area contributed by atoms with Gasteiger partial charge in [0.1, 0.15) is 16.5 Å². The van der Waals surface area contributed by atoms with Crippen molar-refractivity contribution in [1.82, 2.24) is 19.9 Å². The van der Waals surface area contributed by atoms with Gasteiger partial charge in [-0.2, -0.15) is 0 Å². The van der Waals surface area contributed by atoms with Gasteiger partial charge < -0.3 is 9.88 Å². The third-order valence-corrected chi connectivity index (χ3v) is 5.46. The van der Waals surface area contributed by atoms with E-state index in [1.54, 1.807) is 24.4 Å². The highest BCUT2D eigenvalue weighted by Crippen LogP contribution is 2.31. The molecule has 7 heteroatoms. The number of amides is 1. The molecule has 1 amide bonds. The number of aromatic nitrogens is 3. The molecule has 0 radical (unpaired) electrons. The standard InChI is InChI=1S/C21H19FN4OS/c1-2-26-12-17(16-7-5-9-23-20(16)26)21-25-15(13-28-21)10-19(27)24-11-14-6-3-4-8-18(14)22/h3-9,12-13H,2,10-11H2,1H3,(H,24,27). The third kappa shape index (κ3) is 3.66. The van der Waals surface area contributed by atoms with E-state index in [0.717, 1.165) is 28.1 Å². The molecule has 0 aliphatic rings. The number of pyridine rings is 1. The summed E-state index contributed by atoms with van der Waals surface area (Å²) in [5.74, 6) is -0.502. The zero-order valence-electron chi connectivity index (χ0n) is 15.4. The van der Waals surface area contributed by atoms with Crippen LogP contribution in [0.3, 0.4) is 0 Å².